The number of aliphatic hydroxyl groups excluding tert-OH is 1. The number of rotatable bonds is 2. The molecule has 0 bridgehead atoms. The summed E-state index contributed by atoms with van der Waals surface area (Å²) < 4.78 is 0. The van der Waals surface area contributed by atoms with Crippen LogP contribution in [0.2, 0.25) is 0 Å². The van der Waals surface area contributed by atoms with Crippen LogP contribution < -0.4 is 4.90 Å². The Labute approximate surface area is 167 Å². The lowest BCUT2D eigenvalue weighted by Crippen LogP contribution is -2.50. The van der Waals surface area contributed by atoms with Crippen LogP contribution in [-0.4, -0.2) is 52.7 Å². The second-order valence-corrected chi connectivity index (χ2v) is 8.91. The fourth-order valence-electron chi connectivity index (χ4n) is 5.44. The number of nitrogens with zero attached hydrogens (tertiary/aromatic N) is 4. The largest absolute Gasteiger partial charge is 0.393 e. The predicted octanol–water partition coefficient (Wildman–Crippen LogP) is 2.69. The third-order valence-electron chi connectivity index (χ3n) is 6.97. The maximum atomic E-state index is 13.5. The highest BCUT2D eigenvalue weighted by atomic mass is 16.3. The Hall–Kier alpha value is -2.13. The van der Waals surface area contributed by atoms with Crippen LogP contribution in [0.3, 0.4) is 0 Å². The number of likely N-dealkylation sites (tertiary alicyclic amines) is 1. The van der Waals surface area contributed by atoms with E-state index < -0.39 is 0 Å². The van der Waals surface area contributed by atoms with Crippen molar-refractivity contribution in [3.63, 3.8) is 0 Å². The first kappa shape index (κ1) is 19.2. The fraction of sp³-hybridized carbons (Fsp3) is 0.682. The highest BCUT2D eigenvalue weighted by molar-refractivity contribution is 5.86. The molecule has 2 saturated heterocycles. The summed E-state index contributed by atoms with van der Waals surface area (Å²) in [6, 6.07) is 4.54. The zero-order valence-electron chi connectivity index (χ0n) is 16.9. The van der Waals surface area contributed by atoms with Gasteiger partial charge < -0.3 is 14.9 Å². The Morgan fingerprint density at radius 3 is 2.68 bits per heavy atom. The quantitative estimate of drug-likeness (QED) is 0.851. The maximum Gasteiger partial charge on any atom is 0.230 e. The standard InChI is InChI=1S/C22H30N4O2/c1-15-12-16(2)24-20(19(15)13-23)25-10-3-8-22(14-25)9-11-26(21(22)28)17-4-6-18(27)7-5-17/h12,17-18,27H,3-11,14H2,1-2H3. The van der Waals surface area contributed by atoms with Crippen molar-refractivity contribution in [1.29, 1.82) is 5.26 Å². The van der Waals surface area contributed by atoms with E-state index in [4.69, 9.17) is 0 Å². The van der Waals surface area contributed by atoms with Gasteiger partial charge in [-0.25, -0.2) is 4.98 Å². The summed E-state index contributed by atoms with van der Waals surface area (Å²) >= 11 is 0. The highest BCUT2D eigenvalue weighted by Crippen LogP contribution is 2.43. The van der Waals surface area contributed by atoms with E-state index in [9.17, 15) is 15.2 Å². The number of piperidine rings is 1. The molecule has 3 fully saturated rings. The van der Waals surface area contributed by atoms with Crippen LogP contribution in [-0.2, 0) is 4.79 Å². The molecule has 0 aromatic carbocycles. The predicted molar refractivity (Wildman–Crippen MR) is 107 cm³/mol. The minimum absolute atomic E-state index is 0.201. The molecule has 6 nitrogen and oxygen atoms in total. The van der Waals surface area contributed by atoms with Gasteiger partial charge in [-0.2, -0.15) is 5.26 Å². The number of nitriles is 1. The highest BCUT2D eigenvalue weighted by Gasteiger charge is 2.51. The van der Waals surface area contributed by atoms with E-state index in [2.05, 4.69) is 20.9 Å². The number of aromatic nitrogens is 1. The molecule has 3 heterocycles. The summed E-state index contributed by atoms with van der Waals surface area (Å²) in [4.78, 5) is 22.4. The molecule has 1 atom stereocenters. The smallest absolute Gasteiger partial charge is 0.230 e. The fourth-order valence-corrected chi connectivity index (χ4v) is 5.44. The molecule has 1 saturated carbocycles. The Bertz CT molecular complexity index is 809. The van der Waals surface area contributed by atoms with Gasteiger partial charge in [0.1, 0.15) is 11.9 Å². The van der Waals surface area contributed by atoms with Crippen molar-refractivity contribution in [3.05, 3.63) is 22.9 Å². The van der Waals surface area contributed by atoms with Crippen molar-refractivity contribution < 1.29 is 9.90 Å². The summed E-state index contributed by atoms with van der Waals surface area (Å²) in [5.41, 5.74) is 2.14. The molecule has 1 amide bonds. The van der Waals surface area contributed by atoms with Gasteiger partial charge in [0.05, 0.1) is 17.1 Å². The number of amides is 1. The van der Waals surface area contributed by atoms with Crippen LogP contribution >= 0.6 is 0 Å². The average molecular weight is 383 g/mol. The number of pyridine rings is 1. The molecule has 3 aliphatic rings. The van der Waals surface area contributed by atoms with Crippen molar-refractivity contribution in [1.82, 2.24) is 9.88 Å². The van der Waals surface area contributed by atoms with Gasteiger partial charge in [-0.15, -0.1) is 0 Å². The molecule has 1 aromatic rings. The first-order valence-corrected chi connectivity index (χ1v) is 10.6. The number of aliphatic hydroxyl groups is 1. The van der Waals surface area contributed by atoms with Crippen LogP contribution in [0.4, 0.5) is 5.82 Å². The van der Waals surface area contributed by atoms with Gasteiger partial charge in [-0.1, -0.05) is 0 Å². The minimum atomic E-state index is -0.347. The first-order valence-electron chi connectivity index (χ1n) is 10.6. The molecule has 0 radical (unpaired) electrons. The third kappa shape index (κ3) is 3.26. The van der Waals surface area contributed by atoms with E-state index in [0.717, 1.165) is 75.1 Å². The van der Waals surface area contributed by atoms with E-state index >= 15 is 0 Å². The van der Waals surface area contributed by atoms with Crippen LogP contribution in [0.15, 0.2) is 6.07 Å². The van der Waals surface area contributed by atoms with Crippen LogP contribution in [0.25, 0.3) is 0 Å². The maximum absolute atomic E-state index is 13.5. The second-order valence-electron chi connectivity index (χ2n) is 8.91. The summed E-state index contributed by atoms with van der Waals surface area (Å²) in [6.07, 6.45) is 5.95. The monoisotopic (exact) mass is 382 g/mol. The first-order chi connectivity index (χ1) is 13.4. The molecule has 1 N–H and O–H groups in total. The van der Waals surface area contributed by atoms with Gasteiger partial charge in [0.25, 0.3) is 0 Å². The molecule has 1 unspecified atom stereocenters. The normalized spacial score (nSPS) is 30.7. The summed E-state index contributed by atoms with van der Waals surface area (Å²) in [6.45, 7) is 6.23. The van der Waals surface area contributed by atoms with Gasteiger partial charge in [-0.3, -0.25) is 4.79 Å². The molecular formula is C22H30N4O2. The molecule has 6 heteroatoms. The molecule has 1 aliphatic carbocycles. The Balaban J connectivity index is 1.56. The van der Waals surface area contributed by atoms with E-state index in [-0.39, 0.29) is 23.5 Å². The van der Waals surface area contributed by atoms with E-state index in [1.807, 2.05) is 19.9 Å². The summed E-state index contributed by atoms with van der Waals surface area (Å²) in [7, 11) is 0. The lowest BCUT2D eigenvalue weighted by molar-refractivity contribution is -0.139. The molecule has 28 heavy (non-hydrogen) atoms. The lowest BCUT2D eigenvalue weighted by Gasteiger charge is -2.41. The molecule has 4 rings (SSSR count). The average Bonchev–Trinajstić information content (AvgIpc) is 2.98. The van der Waals surface area contributed by atoms with Crippen molar-refractivity contribution in [2.75, 3.05) is 24.5 Å². The minimum Gasteiger partial charge on any atom is -0.393 e. The van der Waals surface area contributed by atoms with Crippen LogP contribution in [0, 0.1) is 30.6 Å². The van der Waals surface area contributed by atoms with Crippen LogP contribution in [0.1, 0.15) is 61.8 Å². The van der Waals surface area contributed by atoms with Gasteiger partial charge in [0.2, 0.25) is 5.91 Å². The topological polar surface area (TPSA) is 80.5 Å². The zero-order valence-corrected chi connectivity index (χ0v) is 16.9. The van der Waals surface area contributed by atoms with Crippen molar-refractivity contribution >= 4 is 11.7 Å². The molecular weight excluding hydrogens is 352 g/mol. The zero-order chi connectivity index (χ0) is 19.9. The Morgan fingerprint density at radius 2 is 1.96 bits per heavy atom. The van der Waals surface area contributed by atoms with E-state index in [1.54, 1.807) is 0 Å². The number of anilines is 1. The number of hydrogen-bond acceptors (Lipinski definition) is 5. The number of hydrogen-bond donors (Lipinski definition) is 1. The summed E-state index contributed by atoms with van der Waals surface area (Å²) in [5, 5.41) is 19.4. The molecule has 1 spiro atoms. The van der Waals surface area contributed by atoms with Gasteiger partial charge >= 0.3 is 0 Å². The Morgan fingerprint density at radius 1 is 1.21 bits per heavy atom. The molecule has 2 aliphatic heterocycles. The third-order valence-corrected chi connectivity index (χ3v) is 6.97. The SMILES string of the molecule is Cc1cc(C)c(C#N)c(N2CCCC3(CCN(C4CCC(O)CC4)C3=O)C2)n1. The molecule has 1 aromatic heterocycles. The van der Waals surface area contributed by atoms with Crippen molar-refractivity contribution in [3.8, 4) is 6.07 Å². The van der Waals surface area contributed by atoms with E-state index in [0.29, 0.717) is 12.1 Å². The van der Waals surface area contributed by atoms with Crippen molar-refractivity contribution in [2.24, 2.45) is 5.41 Å². The van der Waals surface area contributed by atoms with E-state index in [1.165, 1.54) is 0 Å². The number of carbonyl (C=O) groups excluding carboxylic acids is 1. The van der Waals surface area contributed by atoms with Gasteiger partial charge in [0.15, 0.2) is 0 Å². The second kappa shape index (κ2) is 7.36. The summed E-state index contributed by atoms with van der Waals surface area (Å²) in [5.74, 6) is 1.02. The lowest BCUT2D eigenvalue weighted by atomic mass is 9.78. The molecule has 150 valence electrons. The van der Waals surface area contributed by atoms with Gasteiger partial charge in [0, 0.05) is 31.4 Å². The number of carbonyl (C=O) groups is 1. The van der Waals surface area contributed by atoms with Gasteiger partial charge in [-0.05, 0) is 70.4 Å². The van der Waals surface area contributed by atoms with Crippen LogP contribution in [0.5, 0.6) is 0 Å². The Kier molecular flexibility index (Phi) is 5.05. The number of aryl methyl sites for hydroxylation is 2. The van der Waals surface area contributed by atoms with Crippen molar-refractivity contribution in [2.45, 2.75) is 70.9 Å².